The summed E-state index contributed by atoms with van der Waals surface area (Å²) in [4.78, 5) is 12.7. The van der Waals surface area contributed by atoms with Gasteiger partial charge in [0.25, 0.3) is 5.69 Å². The van der Waals surface area contributed by atoms with E-state index in [2.05, 4.69) is 4.72 Å². The van der Waals surface area contributed by atoms with Gasteiger partial charge in [0.05, 0.1) is 11.5 Å². The maximum Gasteiger partial charge on any atom is 0.286 e. The summed E-state index contributed by atoms with van der Waals surface area (Å²) in [6, 6.07) is 18.1. The first kappa shape index (κ1) is 27.4. The Morgan fingerprint density at radius 1 is 1.14 bits per heavy atom. The number of hydrogen-bond acceptors (Lipinski definition) is 6. The quantitative estimate of drug-likeness (QED) is 0.340. The SMILES string of the molecule is CN(C)CCO.O=[N+]([O-])c1ccccc1S(=O)NCCC1Cc2cc(F)ccc2Oc2ccccc21. The maximum atomic E-state index is 13.8. The van der Waals surface area contributed by atoms with Crippen LogP contribution >= 0.6 is 0 Å². The van der Waals surface area contributed by atoms with Gasteiger partial charge in [-0.2, -0.15) is 0 Å². The van der Waals surface area contributed by atoms with Crippen molar-refractivity contribution >= 4 is 16.7 Å². The Hall–Kier alpha value is -3.18. The summed E-state index contributed by atoms with van der Waals surface area (Å²) in [6.45, 7) is 1.38. The van der Waals surface area contributed by atoms with Crippen molar-refractivity contribution in [3.8, 4) is 11.5 Å². The van der Waals surface area contributed by atoms with Gasteiger partial charge >= 0.3 is 0 Å². The van der Waals surface area contributed by atoms with Gasteiger partial charge in [-0.25, -0.2) is 13.3 Å². The molecule has 0 aromatic heterocycles. The number of nitro groups is 1. The number of nitrogens with zero attached hydrogens (tertiary/aromatic N) is 2. The molecule has 0 saturated heterocycles. The zero-order valence-corrected chi connectivity index (χ0v) is 21.0. The van der Waals surface area contributed by atoms with E-state index in [0.29, 0.717) is 30.9 Å². The van der Waals surface area contributed by atoms with Crippen molar-refractivity contribution in [2.24, 2.45) is 0 Å². The molecule has 3 aromatic carbocycles. The number of ether oxygens (including phenoxy) is 1. The molecule has 1 aliphatic heterocycles. The van der Waals surface area contributed by atoms with E-state index in [1.54, 1.807) is 12.1 Å². The lowest BCUT2D eigenvalue weighted by Gasteiger charge is -2.17. The first-order chi connectivity index (χ1) is 17.3. The summed E-state index contributed by atoms with van der Waals surface area (Å²) in [7, 11) is 2.14. The van der Waals surface area contributed by atoms with Gasteiger partial charge in [0.15, 0.2) is 0 Å². The van der Waals surface area contributed by atoms with Crippen molar-refractivity contribution in [3.05, 3.63) is 93.8 Å². The molecular weight excluding hydrogens is 485 g/mol. The molecule has 36 heavy (non-hydrogen) atoms. The number of rotatable bonds is 8. The van der Waals surface area contributed by atoms with Crippen molar-refractivity contribution in [1.82, 2.24) is 9.62 Å². The molecule has 0 bridgehead atoms. The second kappa shape index (κ2) is 13.2. The van der Waals surface area contributed by atoms with Crippen molar-refractivity contribution in [1.29, 1.82) is 0 Å². The molecule has 0 radical (unpaired) electrons. The molecule has 2 unspecified atom stereocenters. The van der Waals surface area contributed by atoms with Crippen molar-refractivity contribution < 1.29 is 23.4 Å². The first-order valence-electron chi connectivity index (χ1n) is 11.5. The second-order valence-electron chi connectivity index (χ2n) is 8.50. The van der Waals surface area contributed by atoms with Crippen LogP contribution in [0.4, 0.5) is 10.1 Å². The number of para-hydroxylation sites is 2. The Morgan fingerprint density at radius 2 is 1.86 bits per heavy atom. The normalized spacial score (nSPS) is 15.0. The third kappa shape index (κ3) is 7.41. The molecule has 2 atom stereocenters. The molecule has 192 valence electrons. The van der Waals surface area contributed by atoms with Crippen molar-refractivity contribution in [2.75, 3.05) is 33.8 Å². The van der Waals surface area contributed by atoms with E-state index in [-0.39, 0.29) is 28.9 Å². The van der Waals surface area contributed by atoms with Gasteiger partial charge in [0, 0.05) is 19.2 Å². The molecular formula is C26H30FN3O5S. The first-order valence-corrected chi connectivity index (χ1v) is 12.6. The number of hydrogen-bond donors (Lipinski definition) is 2. The Morgan fingerprint density at radius 3 is 2.56 bits per heavy atom. The average molecular weight is 516 g/mol. The highest BCUT2D eigenvalue weighted by Crippen LogP contribution is 2.40. The fourth-order valence-corrected chi connectivity index (χ4v) is 4.83. The minimum atomic E-state index is -1.71. The van der Waals surface area contributed by atoms with Crippen LogP contribution in [-0.4, -0.2) is 52.9 Å². The van der Waals surface area contributed by atoms with E-state index < -0.39 is 15.9 Å². The third-order valence-corrected chi connectivity index (χ3v) is 6.81. The fourth-order valence-electron chi connectivity index (χ4n) is 3.84. The summed E-state index contributed by atoms with van der Waals surface area (Å²) in [5, 5.41) is 19.4. The lowest BCUT2D eigenvalue weighted by molar-refractivity contribution is -0.387. The molecule has 3 aromatic rings. The van der Waals surface area contributed by atoms with Crippen LogP contribution in [0.5, 0.6) is 11.5 Å². The Kier molecular flexibility index (Phi) is 10.1. The van der Waals surface area contributed by atoms with E-state index >= 15 is 0 Å². The van der Waals surface area contributed by atoms with Crippen molar-refractivity contribution in [2.45, 2.75) is 23.7 Å². The Bertz CT molecular complexity index is 1210. The van der Waals surface area contributed by atoms with Crippen LogP contribution in [-0.2, 0) is 17.4 Å². The largest absolute Gasteiger partial charge is 0.457 e. The monoisotopic (exact) mass is 515 g/mol. The highest BCUT2D eigenvalue weighted by atomic mass is 32.2. The van der Waals surface area contributed by atoms with E-state index in [1.807, 2.05) is 43.3 Å². The number of fused-ring (bicyclic) bond motifs is 2. The second-order valence-corrected chi connectivity index (χ2v) is 9.76. The minimum absolute atomic E-state index is 0.0134. The van der Waals surface area contributed by atoms with Crippen molar-refractivity contribution in [3.63, 3.8) is 0 Å². The number of aliphatic hydroxyl groups excluding tert-OH is 1. The van der Waals surface area contributed by atoms with Gasteiger partial charge in [-0.05, 0) is 74.3 Å². The fraction of sp³-hybridized carbons (Fsp3) is 0.308. The highest BCUT2D eigenvalue weighted by Gasteiger charge is 2.24. The van der Waals surface area contributed by atoms with Gasteiger partial charge in [0.2, 0.25) is 0 Å². The van der Waals surface area contributed by atoms with Crippen LogP contribution in [0.2, 0.25) is 0 Å². The molecule has 0 saturated carbocycles. The van der Waals surface area contributed by atoms with Gasteiger partial charge in [-0.15, -0.1) is 0 Å². The molecule has 0 aliphatic carbocycles. The molecule has 0 fully saturated rings. The summed E-state index contributed by atoms with van der Waals surface area (Å²) >= 11 is 0. The highest BCUT2D eigenvalue weighted by molar-refractivity contribution is 7.83. The van der Waals surface area contributed by atoms with Gasteiger partial charge in [0.1, 0.15) is 33.2 Å². The maximum absolute atomic E-state index is 13.8. The summed E-state index contributed by atoms with van der Waals surface area (Å²) in [5.74, 6) is 1.03. The number of halogens is 1. The molecule has 10 heteroatoms. The standard InChI is InChI=1S/C22H19FN2O4S.C4H11NO/c23-17-9-10-20-16(14-17)13-15(18-5-1-3-7-21(18)29-20)11-12-24-30(28)22-8-4-2-6-19(22)25(26)27;1-5(2)3-4-6/h1-10,14-15,24H,11-13H2;6H,3-4H2,1-2H3. The predicted molar refractivity (Wildman–Crippen MR) is 137 cm³/mol. The molecule has 1 heterocycles. The predicted octanol–water partition coefficient (Wildman–Crippen LogP) is 4.41. The van der Waals surface area contributed by atoms with E-state index in [4.69, 9.17) is 9.84 Å². The molecule has 8 nitrogen and oxygen atoms in total. The van der Waals surface area contributed by atoms with E-state index in [1.165, 1.54) is 30.3 Å². The smallest absolute Gasteiger partial charge is 0.286 e. The topological polar surface area (TPSA) is 105 Å². The minimum Gasteiger partial charge on any atom is -0.457 e. The number of aliphatic hydroxyl groups is 1. The number of benzene rings is 3. The van der Waals surface area contributed by atoms with Crippen LogP contribution in [0.3, 0.4) is 0 Å². The molecule has 4 rings (SSSR count). The van der Waals surface area contributed by atoms with Crippen LogP contribution in [0.25, 0.3) is 0 Å². The molecule has 0 spiro atoms. The van der Waals surface area contributed by atoms with E-state index in [9.17, 15) is 18.7 Å². The number of likely N-dealkylation sites (N-methyl/N-ethyl adjacent to an activating group) is 1. The van der Waals surface area contributed by atoms with Crippen LogP contribution in [0, 0.1) is 15.9 Å². The number of nitro benzene ring substituents is 1. The van der Waals surface area contributed by atoms with E-state index in [0.717, 1.165) is 17.7 Å². The average Bonchev–Trinajstić information content (AvgIpc) is 3.00. The zero-order chi connectivity index (χ0) is 26.1. The summed E-state index contributed by atoms with van der Waals surface area (Å²) < 4.78 is 35.2. The van der Waals surface area contributed by atoms with Gasteiger partial charge in [-0.3, -0.25) is 10.1 Å². The Balaban J connectivity index is 0.000000538. The lowest BCUT2D eigenvalue weighted by atomic mass is 9.89. The lowest BCUT2D eigenvalue weighted by Crippen LogP contribution is -2.21. The Labute approximate surface area is 212 Å². The van der Waals surface area contributed by atoms with Gasteiger partial charge in [-0.1, -0.05) is 30.3 Å². The van der Waals surface area contributed by atoms with Crippen LogP contribution < -0.4 is 9.46 Å². The number of nitrogens with one attached hydrogen (secondary N) is 1. The van der Waals surface area contributed by atoms with Crippen LogP contribution in [0.15, 0.2) is 71.6 Å². The summed E-state index contributed by atoms with van der Waals surface area (Å²) in [6.07, 6.45) is 1.17. The zero-order valence-electron chi connectivity index (χ0n) is 20.2. The van der Waals surface area contributed by atoms with Gasteiger partial charge < -0.3 is 14.7 Å². The molecule has 0 amide bonds. The molecule has 1 aliphatic rings. The third-order valence-electron chi connectivity index (χ3n) is 5.60. The summed E-state index contributed by atoms with van der Waals surface area (Å²) in [5.41, 5.74) is 1.59. The molecule has 2 N–H and O–H groups in total. The van der Waals surface area contributed by atoms with Crippen LogP contribution in [0.1, 0.15) is 23.5 Å².